The van der Waals surface area contributed by atoms with Gasteiger partial charge in [-0.15, -0.1) is 0 Å². The van der Waals surface area contributed by atoms with Gasteiger partial charge in [0.25, 0.3) is 0 Å². The summed E-state index contributed by atoms with van der Waals surface area (Å²) in [5.74, 6) is 0.449. The van der Waals surface area contributed by atoms with Gasteiger partial charge in [-0.3, -0.25) is 0 Å². The van der Waals surface area contributed by atoms with Crippen LogP contribution in [0.5, 0.6) is 5.75 Å². The van der Waals surface area contributed by atoms with E-state index in [4.69, 9.17) is 21.1 Å². The number of halogens is 1. The van der Waals surface area contributed by atoms with Crippen LogP contribution in [0.15, 0.2) is 42.5 Å². The van der Waals surface area contributed by atoms with E-state index in [1.165, 1.54) is 0 Å². The van der Waals surface area contributed by atoms with E-state index < -0.39 is 0 Å². The summed E-state index contributed by atoms with van der Waals surface area (Å²) < 4.78 is 10.6. The maximum Gasteiger partial charge on any atom is 0.339 e. The molecule has 2 aromatic carbocycles. The summed E-state index contributed by atoms with van der Waals surface area (Å²) in [6.07, 6.45) is 0.358. The molecule has 0 N–H and O–H groups in total. The molecule has 0 aromatic heterocycles. The Morgan fingerprint density at radius 3 is 2.65 bits per heavy atom. The Bertz CT molecular complexity index is 649. The standard InChI is InChI=1S/C16H13ClO3/c1-19-12-6-7-13-14(9-12)15(20-16(13)18)8-10-2-4-11(17)5-3-10/h2-7,9,15H,8H2,1H3. The third-order valence-electron chi connectivity index (χ3n) is 3.41. The maximum absolute atomic E-state index is 11.8. The van der Waals surface area contributed by atoms with Crippen molar-refractivity contribution in [3.05, 3.63) is 64.2 Å². The number of cyclic esters (lactones) is 1. The molecule has 0 saturated carbocycles. The van der Waals surface area contributed by atoms with Gasteiger partial charge >= 0.3 is 5.97 Å². The number of ether oxygens (including phenoxy) is 2. The Morgan fingerprint density at radius 2 is 1.95 bits per heavy atom. The second-order valence-electron chi connectivity index (χ2n) is 4.68. The van der Waals surface area contributed by atoms with Crippen molar-refractivity contribution in [3.63, 3.8) is 0 Å². The smallest absolute Gasteiger partial charge is 0.339 e. The number of fused-ring (bicyclic) bond motifs is 1. The van der Waals surface area contributed by atoms with Gasteiger partial charge in [-0.2, -0.15) is 0 Å². The maximum atomic E-state index is 11.8. The highest BCUT2D eigenvalue weighted by molar-refractivity contribution is 6.30. The first-order valence-corrected chi connectivity index (χ1v) is 6.68. The minimum absolute atomic E-state index is 0.270. The molecule has 0 fully saturated rings. The lowest BCUT2D eigenvalue weighted by Gasteiger charge is -2.11. The van der Waals surface area contributed by atoms with E-state index in [0.717, 1.165) is 16.9 Å². The Hall–Kier alpha value is -2.00. The molecule has 0 aliphatic carbocycles. The highest BCUT2D eigenvalue weighted by Gasteiger charge is 2.31. The predicted molar refractivity (Wildman–Crippen MR) is 76.3 cm³/mol. The second kappa shape index (κ2) is 5.17. The third kappa shape index (κ3) is 2.37. The van der Waals surface area contributed by atoms with Gasteiger partial charge in [0.05, 0.1) is 12.7 Å². The zero-order valence-corrected chi connectivity index (χ0v) is 11.7. The Morgan fingerprint density at radius 1 is 1.20 bits per heavy atom. The molecule has 4 heteroatoms. The number of benzene rings is 2. The molecule has 0 bridgehead atoms. The molecule has 0 amide bonds. The summed E-state index contributed by atoms with van der Waals surface area (Å²) in [7, 11) is 1.60. The molecule has 1 aliphatic rings. The number of rotatable bonds is 3. The minimum atomic E-state index is -0.276. The number of esters is 1. The quantitative estimate of drug-likeness (QED) is 0.806. The lowest BCUT2D eigenvalue weighted by molar-refractivity contribution is 0.0387. The fraction of sp³-hybridized carbons (Fsp3) is 0.188. The van der Waals surface area contributed by atoms with Crippen LogP contribution in [0.3, 0.4) is 0 Å². The van der Waals surface area contributed by atoms with Crippen LogP contribution in [0.2, 0.25) is 5.02 Å². The van der Waals surface area contributed by atoms with Crippen LogP contribution < -0.4 is 4.74 Å². The Labute approximate surface area is 122 Å². The van der Waals surface area contributed by atoms with Gasteiger partial charge in [-0.25, -0.2) is 4.79 Å². The fourth-order valence-electron chi connectivity index (χ4n) is 2.36. The summed E-state index contributed by atoms with van der Waals surface area (Å²) in [6.45, 7) is 0. The van der Waals surface area contributed by atoms with Gasteiger partial charge in [0.15, 0.2) is 0 Å². The summed E-state index contributed by atoms with van der Waals surface area (Å²) in [5, 5.41) is 0.694. The highest BCUT2D eigenvalue weighted by atomic mass is 35.5. The largest absolute Gasteiger partial charge is 0.497 e. The zero-order valence-electron chi connectivity index (χ0n) is 10.9. The van der Waals surface area contributed by atoms with E-state index in [-0.39, 0.29) is 12.1 Å². The van der Waals surface area contributed by atoms with Crippen LogP contribution >= 0.6 is 11.6 Å². The number of methoxy groups -OCH3 is 1. The monoisotopic (exact) mass is 288 g/mol. The molecule has 1 unspecified atom stereocenters. The molecule has 102 valence electrons. The van der Waals surface area contributed by atoms with Crippen molar-refractivity contribution in [3.8, 4) is 5.75 Å². The van der Waals surface area contributed by atoms with Crippen molar-refractivity contribution >= 4 is 17.6 Å². The van der Waals surface area contributed by atoms with E-state index in [0.29, 0.717) is 17.0 Å². The van der Waals surface area contributed by atoms with E-state index in [2.05, 4.69) is 0 Å². The van der Waals surface area contributed by atoms with Gasteiger partial charge < -0.3 is 9.47 Å². The molecule has 3 nitrogen and oxygen atoms in total. The van der Waals surface area contributed by atoms with Crippen LogP contribution in [-0.2, 0) is 11.2 Å². The van der Waals surface area contributed by atoms with Crippen molar-refractivity contribution in [1.29, 1.82) is 0 Å². The van der Waals surface area contributed by atoms with Crippen LogP contribution in [0.1, 0.15) is 27.6 Å². The van der Waals surface area contributed by atoms with Gasteiger partial charge in [0.1, 0.15) is 11.9 Å². The molecule has 1 atom stereocenters. The van der Waals surface area contributed by atoms with E-state index in [9.17, 15) is 4.79 Å². The highest BCUT2D eigenvalue weighted by Crippen LogP contribution is 2.35. The lowest BCUT2D eigenvalue weighted by atomic mass is 9.99. The van der Waals surface area contributed by atoms with E-state index in [1.54, 1.807) is 19.2 Å². The topological polar surface area (TPSA) is 35.5 Å². The lowest BCUT2D eigenvalue weighted by Crippen LogP contribution is -2.02. The summed E-state index contributed by atoms with van der Waals surface area (Å²) in [6, 6.07) is 12.9. The van der Waals surface area contributed by atoms with Gasteiger partial charge in [0.2, 0.25) is 0 Å². The average molecular weight is 289 g/mol. The molecule has 0 saturated heterocycles. The number of carbonyl (C=O) groups is 1. The van der Waals surface area contributed by atoms with Crippen LogP contribution in [-0.4, -0.2) is 13.1 Å². The van der Waals surface area contributed by atoms with Gasteiger partial charge in [-0.1, -0.05) is 23.7 Å². The van der Waals surface area contributed by atoms with Crippen LogP contribution in [0, 0.1) is 0 Å². The van der Waals surface area contributed by atoms with Crippen LogP contribution in [0.4, 0.5) is 0 Å². The summed E-state index contributed by atoms with van der Waals surface area (Å²) in [5.41, 5.74) is 2.57. The molecular weight excluding hydrogens is 276 g/mol. The van der Waals surface area contributed by atoms with Crippen molar-refractivity contribution < 1.29 is 14.3 Å². The SMILES string of the molecule is COc1ccc2c(c1)C(Cc1ccc(Cl)cc1)OC2=O. The average Bonchev–Trinajstić information content (AvgIpc) is 2.77. The zero-order chi connectivity index (χ0) is 14.1. The first kappa shape index (κ1) is 13.0. The molecule has 0 spiro atoms. The second-order valence-corrected chi connectivity index (χ2v) is 5.11. The number of hydrogen-bond donors (Lipinski definition) is 0. The van der Waals surface area contributed by atoms with Gasteiger partial charge in [0, 0.05) is 17.0 Å². The molecule has 0 radical (unpaired) electrons. The van der Waals surface area contributed by atoms with Crippen LogP contribution in [0.25, 0.3) is 0 Å². The first-order valence-electron chi connectivity index (χ1n) is 6.31. The fourth-order valence-corrected chi connectivity index (χ4v) is 2.49. The van der Waals surface area contributed by atoms with Crippen molar-refractivity contribution in [2.45, 2.75) is 12.5 Å². The Kier molecular flexibility index (Phi) is 3.36. The molecule has 1 heterocycles. The van der Waals surface area contributed by atoms with E-state index >= 15 is 0 Å². The molecule has 3 rings (SSSR count). The summed E-state index contributed by atoms with van der Waals surface area (Å²) >= 11 is 5.87. The van der Waals surface area contributed by atoms with Crippen molar-refractivity contribution in [2.24, 2.45) is 0 Å². The Balaban J connectivity index is 1.90. The van der Waals surface area contributed by atoms with Crippen molar-refractivity contribution in [1.82, 2.24) is 0 Å². The van der Waals surface area contributed by atoms with Gasteiger partial charge in [-0.05, 0) is 35.9 Å². The normalized spacial score (nSPS) is 16.7. The third-order valence-corrected chi connectivity index (χ3v) is 3.66. The molecule has 20 heavy (non-hydrogen) atoms. The first-order chi connectivity index (χ1) is 9.67. The molecule has 1 aliphatic heterocycles. The van der Waals surface area contributed by atoms with Crippen molar-refractivity contribution in [2.75, 3.05) is 7.11 Å². The molecule has 2 aromatic rings. The minimum Gasteiger partial charge on any atom is -0.497 e. The summed E-state index contributed by atoms with van der Waals surface area (Å²) in [4.78, 5) is 11.8. The predicted octanol–water partition coefficient (Wildman–Crippen LogP) is 3.80. The number of hydrogen-bond acceptors (Lipinski definition) is 3. The molecular formula is C16H13ClO3. The number of carbonyl (C=O) groups excluding carboxylic acids is 1. The van der Waals surface area contributed by atoms with E-state index in [1.807, 2.05) is 30.3 Å².